The maximum atomic E-state index is 12.5. The number of carbonyl (C=O) groups is 1. The van der Waals surface area contributed by atoms with Gasteiger partial charge in [0.25, 0.3) is 5.91 Å². The first-order chi connectivity index (χ1) is 12.1. The molecular formula is C19H17NO5. The Balaban J connectivity index is 1.83. The van der Waals surface area contributed by atoms with Gasteiger partial charge in [0.15, 0.2) is 0 Å². The Bertz CT molecular complexity index is 949. The van der Waals surface area contributed by atoms with Gasteiger partial charge in [-0.3, -0.25) is 4.79 Å². The highest BCUT2D eigenvalue weighted by Crippen LogP contribution is 2.22. The highest BCUT2D eigenvalue weighted by Gasteiger charge is 2.15. The molecule has 2 N–H and O–H groups in total. The van der Waals surface area contributed by atoms with E-state index in [1.54, 1.807) is 30.3 Å². The fraction of sp³-hybridized carbons (Fsp3) is 0.158. The molecule has 128 valence electrons. The van der Waals surface area contributed by atoms with Gasteiger partial charge in [0.05, 0.1) is 18.8 Å². The van der Waals surface area contributed by atoms with Gasteiger partial charge >= 0.3 is 5.63 Å². The molecule has 1 amide bonds. The van der Waals surface area contributed by atoms with Gasteiger partial charge < -0.3 is 19.6 Å². The topological polar surface area (TPSA) is 88.8 Å². The molecule has 25 heavy (non-hydrogen) atoms. The summed E-state index contributed by atoms with van der Waals surface area (Å²) in [5, 5.41) is 13.3. The van der Waals surface area contributed by atoms with Crippen LogP contribution in [0.1, 0.15) is 22.0 Å². The second kappa shape index (κ2) is 7.19. The molecule has 6 nitrogen and oxygen atoms in total. The number of benzene rings is 2. The van der Waals surface area contributed by atoms with Crippen LogP contribution in [0, 0.1) is 0 Å². The number of rotatable bonds is 5. The van der Waals surface area contributed by atoms with Crippen LogP contribution in [0.2, 0.25) is 0 Å². The highest BCUT2D eigenvalue weighted by atomic mass is 16.5. The molecule has 0 aliphatic rings. The Labute approximate surface area is 143 Å². The van der Waals surface area contributed by atoms with Crippen LogP contribution < -0.4 is 15.7 Å². The van der Waals surface area contributed by atoms with Crippen LogP contribution in [0.5, 0.6) is 5.75 Å². The Hall–Kier alpha value is -3.12. The zero-order chi connectivity index (χ0) is 17.8. The summed E-state index contributed by atoms with van der Waals surface area (Å²) in [6.45, 7) is 0.0285. The zero-order valence-electron chi connectivity index (χ0n) is 13.6. The Kier molecular flexibility index (Phi) is 4.81. The molecule has 2 aromatic carbocycles. The molecule has 1 unspecified atom stereocenters. The number of hydrogen-bond donors (Lipinski definition) is 2. The molecule has 0 saturated heterocycles. The van der Waals surface area contributed by atoms with Gasteiger partial charge in [-0.05, 0) is 17.7 Å². The van der Waals surface area contributed by atoms with Crippen molar-refractivity contribution >= 4 is 16.9 Å². The second-order valence-corrected chi connectivity index (χ2v) is 5.48. The standard InChI is InChI=1S/C19H17NO5/c1-24-13-7-8-14-15(10-18(22)25-17(14)9-13)19(23)20-11-16(21)12-5-3-2-4-6-12/h2-10,16,21H,11H2,1H3,(H,20,23). The van der Waals surface area contributed by atoms with Crippen molar-refractivity contribution in [3.05, 3.63) is 76.1 Å². The lowest BCUT2D eigenvalue weighted by atomic mass is 10.1. The van der Waals surface area contributed by atoms with E-state index in [0.29, 0.717) is 16.7 Å². The molecule has 0 fully saturated rings. The van der Waals surface area contributed by atoms with Crippen molar-refractivity contribution in [3.63, 3.8) is 0 Å². The van der Waals surface area contributed by atoms with Crippen molar-refractivity contribution in [1.82, 2.24) is 5.32 Å². The van der Waals surface area contributed by atoms with Gasteiger partial charge in [0.2, 0.25) is 0 Å². The van der Waals surface area contributed by atoms with Crippen LogP contribution >= 0.6 is 0 Å². The maximum absolute atomic E-state index is 12.5. The Morgan fingerprint density at radius 1 is 1.20 bits per heavy atom. The predicted octanol–water partition coefficient (Wildman–Crippen LogP) is 2.26. The third-order valence-electron chi connectivity index (χ3n) is 3.84. The van der Waals surface area contributed by atoms with E-state index in [4.69, 9.17) is 9.15 Å². The first-order valence-electron chi connectivity index (χ1n) is 7.71. The molecule has 3 aromatic rings. The van der Waals surface area contributed by atoms with E-state index in [9.17, 15) is 14.7 Å². The lowest BCUT2D eigenvalue weighted by molar-refractivity contribution is 0.0917. The third-order valence-corrected chi connectivity index (χ3v) is 3.84. The van der Waals surface area contributed by atoms with Gasteiger partial charge in [-0.1, -0.05) is 30.3 Å². The number of hydrogen-bond acceptors (Lipinski definition) is 5. The van der Waals surface area contributed by atoms with Gasteiger partial charge in [0.1, 0.15) is 11.3 Å². The summed E-state index contributed by atoms with van der Waals surface area (Å²) in [4.78, 5) is 24.2. The van der Waals surface area contributed by atoms with Crippen molar-refractivity contribution in [3.8, 4) is 5.75 Å². The van der Waals surface area contributed by atoms with E-state index >= 15 is 0 Å². The van der Waals surface area contributed by atoms with E-state index < -0.39 is 17.6 Å². The Morgan fingerprint density at radius 3 is 2.68 bits per heavy atom. The summed E-state index contributed by atoms with van der Waals surface area (Å²) >= 11 is 0. The van der Waals surface area contributed by atoms with Crippen LogP contribution in [0.25, 0.3) is 11.0 Å². The maximum Gasteiger partial charge on any atom is 0.337 e. The minimum atomic E-state index is -0.836. The molecule has 1 atom stereocenters. The summed E-state index contributed by atoms with van der Waals surface area (Å²) in [7, 11) is 1.50. The normalized spacial score (nSPS) is 11.9. The van der Waals surface area contributed by atoms with Crippen molar-refractivity contribution in [1.29, 1.82) is 0 Å². The molecule has 0 saturated carbocycles. The Morgan fingerprint density at radius 2 is 1.96 bits per heavy atom. The van der Waals surface area contributed by atoms with Crippen LogP contribution in [-0.4, -0.2) is 24.7 Å². The molecule has 0 spiro atoms. The summed E-state index contributed by atoms with van der Waals surface area (Å²) in [6, 6.07) is 15.0. The smallest absolute Gasteiger partial charge is 0.337 e. The molecule has 6 heteroatoms. The van der Waals surface area contributed by atoms with E-state index in [1.807, 2.05) is 18.2 Å². The van der Waals surface area contributed by atoms with Crippen LogP contribution in [0.3, 0.4) is 0 Å². The average molecular weight is 339 g/mol. The van der Waals surface area contributed by atoms with E-state index in [0.717, 1.165) is 6.07 Å². The molecule has 0 bridgehead atoms. The number of nitrogens with one attached hydrogen (secondary N) is 1. The van der Waals surface area contributed by atoms with Crippen molar-refractivity contribution in [2.75, 3.05) is 13.7 Å². The molecule has 0 aliphatic carbocycles. The monoisotopic (exact) mass is 339 g/mol. The fourth-order valence-corrected chi connectivity index (χ4v) is 2.54. The minimum absolute atomic E-state index is 0.0285. The van der Waals surface area contributed by atoms with Crippen LogP contribution in [0.4, 0.5) is 0 Å². The highest BCUT2D eigenvalue weighted by molar-refractivity contribution is 6.05. The fourth-order valence-electron chi connectivity index (χ4n) is 2.54. The van der Waals surface area contributed by atoms with E-state index in [2.05, 4.69) is 5.32 Å². The zero-order valence-corrected chi connectivity index (χ0v) is 13.6. The molecule has 1 heterocycles. The van der Waals surface area contributed by atoms with E-state index in [1.165, 1.54) is 7.11 Å². The minimum Gasteiger partial charge on any atom is -0.497 e. The average Bonchev–Trinajstić information content (AvgIpc) is 2.65. The number of carbonyl (C=O) groups excluding carboxylic acids is 1. The van der Waals surface area contributed by atoms with Crippen molar-refractivity contribution in [2.24, 2.45) is 0 Å². The lowest BCUT2D eigenvalue weighted by Crippen LogP contribution is -2.29. The number of ether oxygens (including phenoxy) is 1. The van der Waals surface area contributed by atoms with Crippen LogP contribution in [-0.2, 0) is 0 Å². The summed E-state index contributed by atoms with van der Waals surface area (Å²) in [6.07, 6.45) is -0.836. The quantitative estimate of drug-likeness (QED) is 0.696. The molecule has 0 aliphatic heterocycles. The van der Waals surface area contributed by atoms with Crippen molar-refractivity contribution in [2.45, 2.75) is 6.10 Å². The number of methoxy groups -OCH3 is 1. The van der Waals surface area contributed by atoms with E-state index in [-0.39, 0.29) is 17.7 Å². The van der Waals surface area contributed by atoms with Gasteiger partial charge in [-0.15, -0.1) is 0 Å². The predicted molar refractivity (Wildman–Crippen MR) is 92.8 cm³/mol. The molecule has 0 radical (unpaired) electrons. The number of fused-ring (bicyclic) bond motifs is 1. The van der Waals surface area contributed by atoms with Crippen molar-refractivity contribution < 1.29 is 19.1 Å². The second-order valence-electron chi connectivity index (χ2n) is 5.48. The largest absolute Gasteiger partial charge is 0.497 e. The lowest BCUT2D eigenvalue weighted by Gasteiger charge is -2.13. The van der Waals surface area contributed by atoms with Crippen LogP contribution in [0.15, 0.2) is 63.8 Å². The first kappa shape index (κ1) is 16.7. The molecule has 1 aromatic heterocycles. The van der Waals surface area contributed by atoms with Gasteiger partial charge in [0, 0.05) is 24.1 Å². The third kappa shape index (κ3) is 3.70. The summed E-state index contributed by atoms with van der Waals surface area (Å²) in [5.41, 5.74) is 0.522. The summed E-state index contributed by atoms with van der Waals surface area (Å²) < 4.78 is 10.2. The van der Waals surface area contributed by atoms with Gasteiger partial charge in [-0.25, -0.2) is 4.79 Å². The SMILES string of the molecule is COc1ccc2c(C(=O)NCC(O)c3ccccc3)cc(=O)oc2c1. The molecular weight excluding hydrogens is 322 g/mol. The number of aliphatic hydroxyl groups excluding tert-OH is 1. The van der Waals surface area contributed by atoms with Gasteiger partial charge in [-0.2, -0.15) is 0 Å². The first-order valence-corrected chi connectivity index (χ1v) is 7.71. The summed E-state index contributed by atoms with van der Waals surface area (Å²) in [5.74, 6) is 0.0609. The molecule has 3 rings (SSSR count). The number of amides is 1. The number of aliphatic hydroxyl groups is 1.